The molecule has 2 amide bonds. The van der Waals surface area contributed by atoms with Gasteiger partial charge in [-0.15, -0.1) is 0 Å². The monoisotopic (exact) mass is 360 g/mol. The third-order valence-electron chi connectivity index (χ3n) is 3.48. The zero-order valence-corrected chi connectivity index (χ0v) is 14.4. The zero-order chi connectivity index (χ0) is 18.0. The molecule has 25 heavy (non-hydrogen) atoms. The van der Waals surface area contributed by atoms with Gasteiger partial charge < -0.3 is 14.3 Å². The van der Waals surface area contributed by atoms with E-state index < -0.39 is 12.0 Å². The summed E-state index contributed by atoms with van der Waals surface area (Å²) in [6, 6.07) is 6.96. The fraction of sp³-hybridized carbons (Fsp3) is 0.235. The molecule has 0 bridgehead atoms. The summed E-state index contributed by atoms with van der Waals surface area (Å²) in [7, 11) is 0. The van der Waals surface area contributed by atoms with Crippen molar-refractivity contribution in [1.82, 2.24) is 10.3 Å². The number of rotatable bonds is 5. The highest BCUT2D eigenvalue weighted by molar-refractivity contribution is 8.18. The summed E-state index contributed by atoms with van der Waals surface area (Å²) in [5.41, 5.74) is 1.23. The minimum atomic E-state index is -0.885. The molecule has 0 saturated carbocycles. The van der Waals surface area contributed by atoms with E-state index in [2.05, 4.69) is 10.3 Å². The molecule has 0 aliphatic carbocycles. The molecule has 130 valence electrons. The summed E-state index contributed by atoms with van der Waals surface area (Å²) in [5, 5.41) is 12.0. The molecule has 2 N–H and O–H groups in total. The molecule has 2 heterocycles. The van der Waals surface area contributed by atoms with Gasteiger partial charge in [-0.2, -0.15) is 0 Å². The number of carbonyl (C=O) groups excluding carboxylic acids is 2. The van der Waals surface area contributed by atoms with Crippen LogP contribution in [0.4, 0.5) is 4.79 Å². The number of amides is 2. The van der Waals surface area contributed by atoms with Gasteiger partial charge in [-0.25, -0.2) is 4.98 Å². The SMILES string of the molecule is Cc1nc(C(O)COc2ccc(/C=C3/SC(=O)NC3=O)cc2)c(C)o1. The van der Waals surface area contributed by atoms with E-state index in [0.717, 1.165) is 17.3 Å². The molecule has 1 saturated heterocycles. The van der Waals surface area contributed by atoms with Crippen LogP contribution in [0.1, 0.15) is 29.0 Å². The Morgan fingerprint density at radius 2 is 2.04 bits per heavy atom. The summed E-state index contributed by atoms with van der Waals surface area (Å²) in [5.74, 6) is 1.24. The smallest absolute Gasteiger partial charge is 0.290 e. The second kappa shape index (κ2) is 7.12. The average Bonchev–Trinajstić information content (AvgIpc) is 3.07. The molecule has 2 aromatic rings. The van der Waals surface area contributed by atoms with Crippen LogP contribution in [0, 0.1) is 13.8 Å². The van der Waals surface area contributed by atoms with Gasteiger partial charge in [-0.3, -0.25) is 14.9 Å². The maximum Gasteiger partial charge on any atom is 0.290 e. The molecule has 3 rings (SSSR count). The number of carbonyl (C=O) groups is 2. The lowest BCUT2D eigenvalue weighted by Crippen LogP contribution is -2.17. The van der Waals surface area contributed by atoms with E-state index in [4.69, 9.17) is 9.15 Å². The largest absolute Gasteiger partial charge is 0.490 e. The van der Waals surface area contributed by atoms with E-state index in [1.54, 1.807) is 44.2 Å². The van der Waals surface area contributed by atoms with Gasteiger partial charge in [-0.05, 0) is 42.5 Å². The number of benzene rings is 1. The molecule has 1 aliphatic rings. The van der Waals surface area contributed by atoms with Gasteiger partial charge in [0.15, 0.2) is 5.89 Å². The van der Waals surface area contributed by atoms with E-state index in [9.17, 15) is 14.7 Å². The van der Waals surface area contributed by atoms with Crippen molar-refractivity contribution in [3.63, 3.8) is 0 Å². The Hall–Kier alpha value is -2.58. The Labute approximate surface area is 148 Å². The molecule has 1 atom stereocenters. The van der Waals surface area contributed by atoms with Crippen molar-refractivity contribution in [3.05, 3.63) is 52.1 Å². The van der Waals surface area contributed by atoms with Gasteiger partial charge in [0.2, 0.25) is 0 Å². The molecular formula is C17H16N2O5S. The van der Waals surface area contributed by atoms with Crippen LogP contribution in [0.3, 0.4) is 0 Å². The number of imide groups is 1. The number of aromatic nitrogens is 1. The normalized spacial score (nSPS) is 17.0. The number of ether oxygens (including phenoxy) is 1. The second-order valence-electron chi connectivity index (χ2n) is 5.42. The first-order valence-corrected chi connectivity index (χ1v) is 8.34. The number of hydrogen-bond acceptors (Lipinski definition) is 7. The van der Waals surface area contributed by atoms with Crippen LogP contribution in [0.25, 0.3) is 6.08 Å². The van der Waals surface area contributed by atoms with Crippen LogP contribution < -0.4 is 10.1 Å². The average molecular weight is 360 g/mol. The highest BCUT2D eigenvalue weighted by Gasteiger charge is 2.24. The Balaban J connectivity index is 1.61. The molecule has 0 spiro atoms. The first kappa shape index (κ1) is 17.2. The molecule has 1 unspecified atom stereocenters. The van der Waals surface area contributed by atoms with E-state index >= 15 is 0 Å². The lowest BCUT2D eigenvalue weighted by molar-refractivity contribution is -0.115. The minimum absolute atomic E-state index is 0.0417. The van der Waals surface area contributed by atoms with E-state index in [0.29, 0.717) is 28.0 Å². The van der Waals surface area contributed by atoms with Crippen LogP contribution in [-0.4, -0.2) is 27.8 Å². The number of aryl methyl sites for hydroxylation is 2. The first-order valence-electron chi connectivity index (χ1n) is 7.52. The predicted octanol–water partition coefficient (Wildman–Crippen LogP) is 2.73. The number of thioether (sulfide) groups is 1. The Bertz CT molecular complexity index is 841. The summed E-state index contributed by atoms with van der Waals surface area (Å²) in [6.07, 6.45) is 0.745. The van der Waals surface area contributed by atoms with Crippen molar-refractivity contribution in [2.45, 2.75) is 20.0 Å². The van der Waals surface area contributed by atoms with Gasteiger partial charge in [0.05, 0.1) is 4.91 Å². The number of nitrogens with one attached hydrogen (secondary N) is 1. The van der Waals surface area contributed by atoms with Gasteiger partial charge in [0.1, 0.15) is 29.9 Å². The summed E-state index contributed by atoms with van der Waals surface area (Å²) < 4.78 is 10.8. The molecule has 1 aliphatic heterocycles. The molecule has 1 aromatic carbocycles. The lowest BCUT2D eigenvalue weighted by atomic mass is 10.2. The molecular weight excluding hydrogens is 344 g/mol. The van der Waals surface area contributed by atoms with Gasteiger partial charge >= 0.3 is 0 Å². The first-order chi connectivity index (χ1) is 11.9. The minimum Gasteiger partial charge on any atom is -0.490 e. The highest BCUT2D eigenvalue weighted by Crippen LogP contribution is 2.26. The molecule has 7 nitrogen and oxygen atoms in total. The lowest BCUT2D eigenvalue weighted by Gasteiger charge is -2.11. The van der Waals surface area contributed by atoms with Crippen LogP contribution in [0.5, 0.6) is 5.75 Å². The number of oxazole rings is 1. The van der Waals surface area contributed by atoms with Gasteiger partial charge in [0.25, 0.3) is 11.1 Å². The molecule has 0 radical (unpaired) electrons. The van der Waals surface area contributed by atoms with Crippen molar-refractivity contribution in [3.8, 4) is 5.75 Å². The summed E-state index contributed by atoms with van der Waals surface area (Å²) in [4.78, 5) is 27.1. The van der Waals surface area contributed by atoms with Crippen molar-refractivity contribution < 1.29 is 23.8 Å². The zero-order valence-electron chi connectivity index (χ0n) is 13.6. The van der Waals surface area contributed by atoms with Crippen molar-refractivity contribution >= 4 is 29.0 Å². The Morgan fingerprint density at radius 1 is 1.32 bits per heavy atom. The second-order valence-corrected chi connectivity index (χ2v) is 6.44. The fourth-order valence-corrected chi connectivity index (χ4v) is 3.02. The summed E-state index contributed by atoms with van der Waals surface area (Å²) in [6.45, 7) is 3.50. The standard InChI is InChI=1S/C17H16N2O5S/c1-9-15(18-10(2)24-9)13(20)8-23-12-5-3-11(4-6-12)7-14-16(21)19-17(22)25-14/h3-7,13,20H,8H2,1-2H3,(H,19,21,22)/b14-7+. The number of aliphatic hydroxyl groups is 1. The molecule has 1 fully saturated rings. The quantitative estimate of drug-likeness (QED) is 0.791. The van der Waals surface area contributed by atoms with E-state index in [1.807, 2.05) is 0 Å². The van der Waals surface area contributed by atoms with Gasteiger partial charge in [0, 0.05) is 6.92 Å². The van der Waals surface area contributed by atoms with Crippen LogP contribution >= 0.6 is 11.8 Å². The molecule has 8 heteroatoms. The Kier molecular flexibility index (Phi) is 4.91. The van der Waals surface area contributed by atoms with Gasteiger partial charge in [-0.1, -0.05) is 12.1 Å². The van der Waals surface area contributed by atoms with Crippen molar-refractivity contribution in [2.75, 3.05) is 6.61 Å². The van der Waals surface area contributed by atoms with E-state index in [1.165, 1.54) is 0 Å². The highest BCUT2D eigenvalue weighted by atomic mass is 32.2. The number of hydrogen-bond donors (Lipinski definition) is 2. The Morgan fingerprint density at radius 3 is 2.60 bits per heavy atom. The fourth-order valence-electron chi connectivity index (χ4n) is 2.34. The maximum atomic E-state index is 11.5. The predicted molar refractivity (Wildman–Crippen MR) is 92.0 cm³/mol. The van der Waals surface area contributed by atoms with Crippen molar-refractivity contribution in [1.29, 1.82) is 0 Å². The molecule has 1 aromatic heterocycles. The van der Waals surface area contributed by atoms with Crippen LogP contribution in [0.15, 0.2) is 33.6 Å². The van der Waals surface area contributed by atoms with Crippen LogP contribution in [-0.2, 0) is 4.79 Å². The third kappa shape index (κ3) is 4.09. The maximum absolute atomic E-state index is 11.5. The third-order valence-corrected chi connectivity index (χ3v) is 4.29. The van der Waals surface area contributed by atoms with Crippen molar-refractivity contribution in [2.24, 2.45) is 0 Å². The van der Waals surface area contributed by atoms with Crippen LogP contribution in [0.2, 0.25) is 0 Å². The number of nitrogens with zero attached hydrogens (tertiary/aromatic N) is 1. The van der Waals surface area contributed by atoms with E-state index in [-0.39, 0.29) is 11.8 Å². The topological polar surface area (TPSA) is 102 Å². The number of aliphatic hydroxyl groups excluding tert-OH is 1. The summed E-state index contributed by atoms with van der Waals surface area (Å²) >= 11 is 0.869.